The molecule has 0 saturated carbocycles. The summed E-state index contributed by atoms with van der Waals surface area (Å²) in [5.41, 5.74) is 0.446. The Morgan fingerprint density at radius 2 is 2.04 bits per heavy atom. The van der Waals surface area contributed by atoms with E-state index in [1.165, 1.54) is 18.4 Å². The predicted molar refractivity (Wildman–Crippen MR) is 88.1 cm³/mol. The molecule has 128 valence electrons. The summed E-state index contributed by atoms with van der Waals surface area (Å²) in [7, 11) is 3.78. The van der Waals surface area contributed by atoms with Crippen LogP contribution in [0.5, 0.6) is 0 Å². The van der Waals surface area contributed by atoms with Gasteiger partial charge in [0.25, 0.3) is 5.91 Å². The molecule has 1 unspecified atom stereocenters. The fourth-order valence-corrected chi connectivity index (χ4v) is 3.22. The normalized spacial score (nSPS) is 20.8. The van der Waals surface area contributed by atoms with Crippen LogP contribution in [-0.4, -0.2) is 60.1 Å². The van der Waals surface area contributed by atoms with Crippen LogP contribution in [0.1, 0.15) is 17.0 Å². The zero-order chi connectivity index (χ0) is 17.3. The molecule has 0 spiro atoms. The summed E-state index contributed by atoms with van der Waals surface area (Å²) in [5, 5.41) is 10.6. The number of amides is 1. The summed E-state index contributed by atoms with van der Waals surface area (Å²) in [4.78, 5) is 16.3. The lowest BCUT2D eigenvalue weighted by atomic mass is 10.0. The summed E-state index contributed by atoms with van der Waals surface area (Å²) in [5.74, 6) is -0.367. The van der Waals surface area contributed by atoms with Gasteiger partial charge >= 0.3 is 0 Å². The number of hydrogen-bond donors (Lipinski definition) is 1. The van der Waals surface area contributed by atoms with Crippen molar-refractivity contribution in [3.05, 3.63) is 48.2 Å². The van der Waals surface area contributed by atoms with Gasteiger partial charge < -0.3 is 19.3 Å². The van der Waals surface area contributed by atoms with E-state index in [-0.39, 0.29) is 24.0 Å². The van der Waals surface area contributed by atoms with Gasteiger partial charge in [-0.2, -0.15) is 0 Å². The van der Waals surface area contributed by atoms with Crippen molar-refractivity contribution in [1.29, 1.82) is 0 Å². The lowest BCUT2D eigenvalue weighted by molar-refractivity contribution is 0.0231. The van der Waals surface area contributed by atoms with E-state index in [2.05, 4.69) is 0 Å². The second-order valence-electron chi connectivity index (χ2n) is 6.61. The molecule has 6 heteroatoms. The van der Waals surface area contributed by atoms with Crippen LogP contribution in [0, 0.1) is 5.82 Å². The van der Waals surface area contributed by atoms with E-state index in [9.17, 15) is 14.3 Å². The third kappa shape index (κ3) is 3.34. The Hall–Kier alpha value is -2.18. The van der Waals surface area contributed by atoms with Crippen LogP contribution in [0.25, 0.3) is 11.1 Å². The number of furan rings is 1. The van der Waals surface area contributed by atoms with Gasteiger partial charge in [-0.1, -0.05) is 12.1 Å². The van der Waals surface area contributed by atoms with Crippen molar-refractivity contribution in [3.63, 3.8) is 0 Å². The minimum atomic E-state index is -0.901. The van der Waals surface area contributed by atoms with Crippen molar-refractivity contribution < 1.29 is 18.7 Å². The minimum absolute atomic E-state index is 0.218. The molecular formula is C18H21FN2O3. The van der Waals surface area contributed by atoms with Gasteiger partial charge in [-0.3, -0.25) is 4.79 Å². The molecule has 0 aliphatic carbocycles. The predicted octanol–water partition coefficient (Wildman–Crippen LogP) is 2.22. The van der Waals surface area contributed by atoms with Gasteiger partial charge in [-0.05, 0) is 44.3 Å². The van der Waals surface area contributed by atoms with Gasteiger partial charge in [0.15, 0.2) is 5.76 Å². The first-order chi connectivity index (χ1) is 11.4. The number of aliphatic hydroxyl groups is 1. The fourth-order valence-electron chi connectivity index (χ4n) is 3.22. The molecule has 1 saturated heterocycles. The molecule has 1 aromatic carbocycles. The Morgan fingerprint density at radius 1 is 1.33 bits per heavy atom. The number of nitrogens with zero attached hydrogens (tertiary/aromatic N) is 2. The maximum atomic E-state index is 13.1. The third-order valence-corrected chi connectivity index (χ3v) is 4.24. The Kier molecular flexibility index (Phi) is 4.43. The summed E-state index contributed by atoms with van der Waals surface area (Å²) in [6, 6.07) is 7.62. The molecule has 2 aromatic rings. The molecule has 1 N–H and O–H groups in total. The van der Waals surface area contributed by atoms with Gasteiger partial charge in [0.2, 0.25) is 0 Å². The molecule has 1 amide bonds. The van der Waals surface area contributed by atoms with E-state index < -0.39 is 5.60 Å². The third-order valence-electron chi connectivity index (χ3n) is 4.24. The Balaban J connectivity index is 1.80. The molecule has 1 fully saturated rings. The number of halogens is 1. The molecule has 2 heterocycles. The first-order valence-electron chi connectivity index (χ1n) is 7.88. The molecular weight excluding hydrogens is 311 g/mol. The highest BCUT2D eigenvalue weighted by molar-refractivity contribution is 5.98. The topological polar surface area (TPSA) is 56.9 Å². The van der Waals surface area contributed by atoms with E-state index >= 15 is 0 Å². The monoisotopic (exact) mass is 332 g/mol. The number of carbonyl (C=O) groups is 1. The first-order valence-corrected chi connectivity index (χ1v) is 7.88. The molecule has 1 aromatic heterocycles. The highest BCUT2D eigenvalue weighted by Gasteiger charge is 2.39. The zero-order valence-corrected chi connectivity index (χ0v) is 13.8. The second-order valence-corrected chi connectivity index (χ2v) is 6.61. The van der Waals surface area contributed by atoms with Gasteiger partial charge in [-0.15, -0.1) is 0 Å². The maximum absolute atomic E-state index is 13.1. The van der Waals surface area contributed by atoms with Crippen LogP contribution >= 0.6 is 0 Å². The second kappa shape index (κ2) is 6.37. The summed E-state index contributed by atoms with van der Waals surface area (Å²) >= 11 is 0. The van der Waals surface area contributed by atoms with Crippen molar-refractivity contribution >= 4 is 5.91 Å². The van der Waals surface area contributed by atoms with Crippen LogP contribution in [0.3, 0.4) is 0 Å². The van der Waals surface area contributed by atoms with Crippen LogP contribution in [0.4, 0.5) is 4.39 Å². The van der Waals surface area contributed by atoms with Crippen molar-refractivity contribution in [1.82, 2.24) is 9.80 Å². The average molecular weight is 332 g/mol. The molecule has 24 heavy (non-hydrogen) atoms. The molecule has 1 aliphatic heterocycles. The Morgan fingerprint density at radius 3 is 2.71 bits per heavy atom. The van der Waals surface area contributed by atoms with Gasteiger partial charge in [0, 0.05) is 18.7 Å². The first kappa shape index (κ1) is 16.7. The highest BCUT2D eigenvalue weighted by atomic mass is 19.1. The molecule has 1 atom stereocenters. The van der Waals surface area contributed by atoms with Crippen LogP contribution < -0.4 is 0 Å². The quantitative estimate of drug-likeness (QED) is 0.933. The number of rotatable bonds is 4. The molecule has 5 nitrogen and oxygen atoms in total. The van der Waals surface area contributed by atoms with Crippen LogP contribution in [0.15, 0.2) is 41.0 Å². The standard InChI is InChI=1S/C18H21FN2O3/c1-20(2)11-18(23)8-9-21(12-18)17(22)16-15(7-10-24-16)13-3-5-14(19)6-4-13/h3-7,10,23H,8-9,11-12H2,1-2H3. The van der Waals surface area contributed by atoms with Crippen molar-refractivity contribution in [2.45, 2.75) is 12.0 Å². The summed E-state index contributed by atoms with van der Waals surface area (Å²) in [6.45, 7) is 1.25. The molecule has 0 radical (unpaired) electrons. The Labute approximate surface area is 140 Å². The van der Waals surface area contributed by atoms with Crippen molar-refractivity contribution in [2.24, 2.45) is 0 Å². The Bertz CT molecular complexity index is 726. The van der Waals surface area contributed by atoms with E-state index in [1.54, 1.807) is 23.1 Å². The van der Waals surface area contributed by atoms with Gasteiger partial charge in [0.05, 0.1) is 18.4 Å². The number of carbonyl (C=O) groups excluding carboxylic acids is 1. The minimum Gasteiger partial charge on any atom is -0.459 e. The van der Waals surface area contributed by atoms with Gasteiger partial charge in [0.1, 0.15) is 5.82 Å². The molecule has 3 rings (SSSR count). The summed E-state index contributed by atoms with van der Waals surface area (Å²) in [6.07, 6.45) is 1.98. The maximum Gasteiger partial charge on any atom is 0.290 e. The zero-order valence-electron chi connectivity index (χ0n) is 13.8. The number of likely N-dealkylation sites (N-methyl/N-ethyl adjacent to an activating group) is 1. The lowest BCUT2D eigenvalue weighted by Crippen LogP contribution is -2.43. The van der Waals surface area contributed by atoms with E-state index in [4.69, 9.17) is 4.42 Å². The lowest BCUT2D eigenvalue weighted by Gasteiger charge is -2.26. The average Bonchev–Trinajstić information content (AvgIpc) is 3.14. The van der Waals surface area contributed by atoms with Crippen LogP contribution in [-0.2, 0) is 0 Å². The van der Waals surface area contributed by atoms with E-state index in [0.717, 1.165) is 5.56 Å². The van der Waals surface area contributed by atoms with Gasteiger partial charge in [-0.25, -0.2) is 4.39 Å². The smallest absolute Gasteiger partial charge is 0.290 e. The van der Waals surface area contributed by atoms with Crippen molar-refractivity contribution in [3.8, 4) is 11.1 Å². The van der Waals surface area contributed by atoms with E-state index in [0.29, 0.717) is 25.1 Å². The number of likely N-dealkylation sites (tertiary alicyclic amines) is 1. The van der Waals surface area contributed by atoms with E-state index in [1.807, 2.05) is 19.0 Å². The SMILES string of the molecule is CN(C)CC1(O)CCN(C(=O)c2occc2-c2ccc(F)cc2)C1. The van der Waals surface area contributed by atoms with Crippen LogP contribution in [0.2, 0.25) is 0 Å². The van der Waals surface area contributed by atoms with Crippen molar-refractivity contribution in [2.75, 3.05) is 33.7 Å². The highest BCUT2D eigenvalue weighted by Crippen LogP contribution is 2.29. The fraction of sp³-hybridized carbons (Fsp3) is 0.389. The summed E-state index contributed by atoms with van der Waals surface area (Å²) < 4.78 is 18.5. The largest absolute Gasteiger partial charge is 0.459 e. The number of β-amino-alcohol motifs (C(OH)–C–C–N with tert-alkyl or cyclic N) is 1. The number of hydrogen-bond acceptors (Lipinski definition) is 4. The molecule has 0 bridgehead atoms. The molecule has 1 aliphatic rings. The number of benzene rings is 1.